The molecule has 1 aliphatic heterocycles. The summed E-state index contributed by atoms with van der Waals surface area (Å²) in [7, 11) is 1.60. The highest BCUT2D eigenvalue weighted by molar-refractivity contribution is 6.00. The molecule has 1 N–H and O–H groups in total. The number of benzene rings is 1. The van der Waals surface area contributed by atoms with Crippen molar-refractivity contribution in [2.24, 2.45) is 5.92 Å². The van der Waals surface area contributed by atoms with Gasteiger partial charge in [-0.2, -0.15) is 0 Å². The van der Waals surface area contributed by atoms with E-state index in [1.54, 1.807) is 11.9 Å². The lowest BCUT2D eigenvalue weighted by Gasteiger charge is -2.18. The molecule has 0 aliphatic carbocycles. The number of nitrogens with zero attached hydrogens (tertiary/aromatic N) is 1. The summed E-state index contributed by atoms with van der Waals surface area (Å²) in [4.78, 5) is 25.1. The maximum absolute atomic E-state index is 11.9. The first-order valence-electron chi connectivity index (χ1n) is 5.71. The second-order valence-electron chi connectivity index (χ2n) is 4.31. The Morgan fingerprint density at radius 1 is 1.41 bits per heavy atom. The van der Waals surface area contributed by atoms with Crippen LogP contribution < -0.4 is 10.2 Å². The zero-order chi connectivity index (χ0) is 12.4. The molecule has 0 aromatic heterocycles. The van der Waals surface area contributed by atoms with Crippen molar-refractivity contribution in [1.82, 2.24) is 5.32 Å². The van der Waals surface area contributed by atoms with E-state index in [0.717, 1.165) is 11.3 Å². The lowest BCUT2D eigenvalue weighted by atomic mass is 10.1. The zero-order valence-corrected chi connectivity index (χ0v) is 10.1. The monoisotopic (exact) mass is 232 g/mol. The van der Waals surface area contributed by atoms with Crippen LogP contribution in [0, 0.1) is 12.8 Å². The fraction of sp³-hybridized carbons (Fsp3) is 0.385. The van der Waals surface area contributed by atoms with E-state index in [-0.39, 0.29) is 17.7 Å². The molecule has 0 unspecified atom stereocenters. The third-order valence-corrected chi connectivity index (χ3v) is 3.15. The first kappa shape index (κ1) is 11.6. The Morgan fingerprint density at radius 3 is 2.76 bits per heavy atom. The number of aryl methyl sites for hydroxylation is 1. The van der Waals surface area contributed by atoms with E-state index in [1.165, 1.54) is 0 Å². The molecule has 90 valence electrons. The Hall–Kier alpha value is -1.84. The van der Waals surface area contributed by atoms with Gasteiger partial charge in [0.1, 0.15) is 0 Å². The van der Waals surface area contributed by atoms with Crippen molar-refractivity contribution < 1.29 is 9.59 Å². The van der Waals surface area contributed by atoms with Crippen LogP contribution in [0.25, 0.3) is 0 Å². The van der Waals surface area contributed by atoms with Gasteiger partial charge in [-0.05, 0) is 18.6 Å². The second-order valence-corrected chi connectivity index (χ2v) is 4.31. The van der Waals surface area contributed by atoms with E-state index in [4.69, 9.17) is 0 Å². The number of anilines is 1. The number of rotatable bonds is 2. The van der Waals surface area contributed by atoms with Gasteiger partial charge in [0, 0.05) is 25.7 Å². The number of hydrogen-bond donors (Lipinski definition) is 1. The van der Waals surface area contributed by atoms with Gasteiger partial charge in [0.05, 0.1) is 5.92 Å². The summed E-state index contributed by atoms with van der Waals surface area (Å²) < 4.78 is 0. The van der Waals surface area contributed by atoms with Crippen molar-refractivity contribution in [3.8, 4) is 0 Å². The lowest BCUT2D eigenvalue weighted by molar-refractivity contribution is -0.125. The van der Waals surface area contributed by atoms with E-state index < -0.39 is 0 Å². The molecule has 2 rings (SSSR count). The highest BCUT2D eigenvalue weighted by Gasteiger charge is 2.34. The molecule has 1 aromatic rings. The maximum atomic E-state index is 11.9. The van der Waals surface area contributed by atoms with Crippen LogP contribution in [0.15, 0.2) is 24.3 Å². The lowest BCUT2D eigenvalue weighted by Crippen LogP contribution is -2.30. The highest BCUT2D eigenvalue weighted by Crippen LogP contribution is 2.27. The first-order valence-corrected chi connectivity index (χ1v) is 5.71. The zero-order valence-electron chi connectivity index (χ0n) is 10.1. The topological polar surface area (TPSA) is 49.4 Å². The fourth-order valence-electron chi connectivity index (χ4n) is 2.19. The Bertz CT molecular complexity index is 456. The van der Waals surface area contributed by atoms with E-state index in [0.29, 0.717) is 13.0 Å². The number of amides is 2. The Balaban J connectivity index is 2.22. The van der Waals surface area contributed by atoms with Gasteiger partial charge >= 0.3 is 0 Å². The molecule has 2 amide bonds. The minimum Gasteiger partial charge on any atom is -0.359 e. The summed E-state index contributed by atoms with van der Waals surface area (Å²) in [6.45, 7) is 2.44. The molecule has 17 heavy (non-hydrogen) atoms. The van der Waals surface area contributed by atoms with Crippen molar-refractivity contribution in [2.45, 2.75) is 13.3 Å². The van der Waals surface area contributed by atoms with Crippen LogP contribution in [0.5, 0.6) is 0 Å². The largest absolute Gasteiger partial charge is 0.359 e. The molecule has 0 radical (unpaired) electrons. The Labute approximate surface area is 101 Å². The molecule has 1 saturated heterocycles. The van der Waals surface area contributed by atoms with Crippen molar-refractivity contribution in [3.63, 3.8) is 0 Å². The summed E-state index contributed by atoms with van der Waals surface area (Å²) in [6, 6.07) is 7.73. The second kappa shape index (κ2) is 4.57. The SMILES string of the molecule is CNC(=O)[C@@H]1CC(=O)N(c2ccccc2C)C1. The van der Waals surface area contributed by atoms with Crippen molar-refractivity contribution in [1.29, 1.82) is 0 Å². The Morgan fingerprint density at radius 2 is 2.12 bits per heavy atom. The van der Waals surface area contributed by atoms with Crippen LogP contribution in [-0.4, -0.2) is 25.4 Å². The summed E-state index contributed by atoms with van der Waals surface area (Å²) in [5, 5.41) is 2.60. The predicted octanol–water partition coefficient (Wildman–Crippen LogP) is 1.09. The van der Waals surface area contributed by atoms with Gasteiger partial charge in [-0.25, -0.2) is 0 Å². The summed E-state index contributed by atoms with van der Waals surface area (Å²) in [5.41, 5.74) is 1.96. The third-order valence-electron chi connectivity index (χ3n) is 3.15. The van der Waals surface area contributed by atoms with Gasteiger partial charge in [-0.1, -0.05) is 18.2 Å². The number of carbonyl (C=O) groups excluding carboxylic acids is 2. The molecule has 4 nitrogen and oxygen atoms in total. The molecular formula is C13H16N2O2. The molecule has 1 aliphatic rings. The van der Waals surface area contributed by atoms with Gasteiger partial charge in [0.15, 0.2) is 0 Å². The van der Waals surface area contributed by atoms with Gasteiger partial charge in [-0.15, -0.1) is 0 Å². The standard InChI is InChI=1S/C13H16N2O2/c1-9-5-3-4-6-11(9)15-8-10(7-12(15)16)13(17)14-2/h3-6,10H,7-8H2,1-2H3,(H,14,17)/t10-/m1/s1. The highest BCUT2D eigenvalue weighted by atomic mass is 16.2. The van der Waals surface area contributed by atoms with Gasteiger partial charge < -0.3 is 10.2 Å². The summed E-state index contributed by atoms with van der Waals surface area (Å²) >= 11 is 0. The molecule has 1 fully saturated rings. The average molecular weight is 232 g/mol. The molecule has 0 spiro atoms. The molecule has 4 heteroatoms. The molecule has 1 heterocycles. The average Bonchev–Trinajstić information content (AvgIpc) is 2.71. The van der Waals surface area contributed by atoms with Gasteiger partial charge in [0.2, 0.25) is 11.8 Å². The van der Waals surface area contributed by atoms with Crippen molar-refractivity contribution in [2.75, 3.05) is 18.5 Å². The number of para-hydroxylation sites is 1. The van der Waals surface area contributed by atoms with Crippen molar-refractivity contribution >= 4 is 17.5 Å². The van der Waals surface area contributed by atoms with Crippen LogP contribution in [0.3, 0.4) is 0 Å². The molecule has 1 aromatic carbocycles. The van der Waals surface area contributed by atoms with Crippen LogP contribution in [0.1, 0.15) is 12.0 Å². The quantitative estimate of drug-likeness (QED) is 0.830. The van der Waals surface area contributed by atoms with E-state index >= 15 is 0 Å². The minimum atomic E-state index is -0.230. The predicted molar refractivity (Wildman–Crippen MR) is 65.7 cm³/mol. The number of nitrogens with one attached hydrogen (secondary N) is 1. The van der Waals surface area contributed by atoms with Gasteiger partial charge in [-0.3, -0.25) is 9.59 Å². The van der Waals surface area contributed by atoms with Crippen LogP contribution in [0.4, 0.5) is 5.69 Å². The Kier molecular flexibility index (Phi) is 3.13. The van der Waals surface area contributed by atoms with Crippen LogP contribution in [0.2, 0.25) is 0 Å². The maximum Gasteiger partial charge on any atom is 0.227 e. The van der Waals surface area contributed by atoms with E-state index in [2.05, 4.69) is 5.32 Å². The fourth-order valence-corrected chi connectivity index (χ4v) is 2.19. The van der Waals surface area contributed by atoms with Gasteiger partial charge in [0.25, 0.3) is 0 Å². The van der Waals surface area contributed by atoms with E-state index in [9.17, 15) is 9.59 Å². The normalized spacial score (nSPS) is 19.5. The molecular weight excluding hydrogens is 216 g/mol. The number of carbonyl (C=O) groups is 2. The third kappa shape index (κ3) is 2.16. The number of hydrogen-bond acceptors (Lipinski definition) is 2. The smallest absolute Gasteiger partial charge is 0.227 e. The molecule has 0 bridgehead atoms. The summed E-state index contributed by atoms with van der Waals surface area (Å²) in [6.07, 6.45) is 0.300. The van der Waals surface area contributed by atoms with Crippen molar-refractivity contribution in [3.05, 3.63) is 29.8 Å². The van der Waals surface area contributed by atoms with E-state index in [1.807, 2.05) is 31.2 Å². The molecule has 0 saturated carbocycles. The van der Waals surface area contributed by atoms with Crippen LogP contribution >= 0.6 is 0 Å². The van der Waals surface area contributed by atoms with Crippen LogP contribution in [-0.2, 0) is 9.59 Å². The first-order chi connectivity index (χ1) is 8.13. The minimum absolute atomic E-state index is 0.0212. The molecule has 1 atom stereocenters. The summed E-state index contributed by atoms with van der Waals surface area (Å²) in [5.74, 6) is -0.269.